The van der Waals surface area contributed by atoms with Crippen LogP contribution in [-0.4, -0.2) is 26.1 Å². The summed E-state index contributed by atoms with van der Waals surface area (Å²) >= 11 is 2.97. The van der Waals surface area contributed by atoms with Gasteiger partial charge in [0.05, 0.1) is 11.1 Å². The minimum absolute atomic E-state index is 0.0636. The maximum absolute atomic E-state index is 12.8. The first kappa shape index (κ1) is 18.2. The predicted molar refractivity (Wildman–Crippen MR) is 114 cm³/mol. The fourth-order valence-corrected chi connectivity index (χ4v) is 6.44. The van der Waals surface area contributed by atoms with E-state index in [1.54, 1.807) is 11.3 Å². The Labute approximate surface area is 171 Å². The molecule has 7 heteroatoms. The van der Waals surface area contributed by atoms with Gasteiger partial charge in [0.25, 0.3) is 5.56 Å². The number of aromatic amines is 1. The molecule has 1 saturated carbocycles. The third-order valence-corrected chi connectivity index (χ3v) is 7.90. The second kappa shape index (κ2) is 6.88. The van der Waals surface area contributed by atoms with Crippen LogP contribution >= 0.6 is 23.1 Å². The zero-order valence-electron chi connectivity index (χ0n) is 16.1. The van der Waals surface area contributed by atoms with Crippen molar-refractivity contribution in [2.45, 2.75) is 63.6 Å². The number of hydrogen-bond donors (Lipinski definition) is 1. The number of aryl methyl sites for hydroxylation is 3. The Morgan fingerprint density at radius 1 is 1.32 bits per heavy atom. The standard InChI is InChI=1S/C21H23N3O2S2/c1-11-9-15(12(2)24(11)13-7-8-13)16(25)10-27-21-22-19(26)18-14-5-3-4-6-17(14)28-20(18)23-21/h9,13H,3-8,10H2,1-2H3,(H,22,23,26). The molecule has 5 rings (SSSR count). The number of nitrogens with one attached hydrogen (secondary N) is 1. The summed E-state index contributed by atoms with van der Waals surface area (Å²) in [6.45, 7) is 4.10. The second-order valence-corrected chi connectivity index (χ2v) is 9.91. The number of thiophene rings is 1. The fourth-order valence-electron chi connectivity index (χ4n) is 4.38. The Balaban J connectivity index is 1.38. The molecular formula is C21H23N3O2S2. The molecule has 0 bridgehead atoms. The van der Waals surface area contributed by atoms with Crippen molar-refractivity contribution in [1.29, 1.82) is 0 Å². The quantitative estimate of drug-likeness (QED) is 0.377. The van der Waals surface area contributed by atoms with Crippen molar-refractivity contribution in [2.24, 2.45) is 0 Å². The highest BCUT2D eigenvalue weighted by Gasteiger charge is 2.28. The molecule has 28 heavy (non-hydrogen) atoms. The molecule has 2 aliphatic carbocycles. The van der Waals surface area contributed by atoms with Gasteiger partial charge in [-0.25, -0.2) is 4.98 Å². The minimum Gasteiger partial charge on any atom is -0.345 e. The second-order valence-electron chi connectivity index (χ2n) is 7.86. The summed E-state index contributed by atoms with van der Waals surface area (Å²) in [7, 11) is 0. The van der Waals surface area contributed by atoms with Gasteiger partial charge in [0.1, 0.15) is 4.83 Å². The van der Waals surface area contributed by atoms with Crippen molar-refractivity contribution < 1.29 is 4.79 Å². The Bertz CT molecular complexity index is 1150. The number of nitrogens with zero attached hydrogens (tertiary/aromatic N) is 2. The van der Waals surface area contributed by atoms with Gasteiger partial charge >= 0.3 is 0 Å². The average Bonchev–Trinajstić information content (AvgIpc) is 3.35. The Morgan fingerprint density at radius 3 is 2.89 bits per heavy atom. The molecule has 0 saturated heterocycles. The number of carbonyl (C=O) groups is 1. The van der Waals surface area contributed by atoms with Crippen LogP contribution in [0.15, 0.2) is 16.0 Å². The molecule has 3 aromatic rings. The molecule has 2 aliphatic rings. The van der Waals surface area contributed by atoms with E-state index < -0.39 is 0 Å². The van der Waals surface area contributed by atoms with Gasteiger partial charge in [0.2, 0.25) is 0 Å². The van der Waals surface area contributed by atoms with Crippen LogP contribution in [-0.2, 0) is 12.8 Å². The SMILES string of the molecule is Cc1cc(C(=O)CSc2nc3sc4c(c3c(=O)[nH]2)CCCC4)c(C)n1C1CC1. The fraction of sp³-hybridized carbons (Fsp3) is 0.476. The first-order valence-corrected chi connectivity index (χ1v) is 11.7. The van der Waals surface area contributed by atoms with Gasteiger partial charge in [-0.05, 0) is 64.0 Å². The Morgan fingerprint density at radius 2 is 2.11 bits per heavy atom. The number of rotatable bonds is 5. The molecule has 3 aromatic heterocycles. The summed E-state index contributed by atoms with van der Waals surface area (Å²) in [6, 6.07) is 2.57. The molecule has 0 spiro atoms. The van der Waals surface area contributed by atoms with Crippen molar-refractivity contribution >= 4 is 39.1 Å². The van der Waals surface area contributed by atoms with E-state index >= 15 is 0 Å². The van der Waals surface area contributed by atoms with Crippen LogP contribution < -0.4 is 5.56 Å². The Kier molecular flexibility index (Phi) is 4.47. The number of Topliss-reactive ketones (excluding diaryl/α,β-unsaturated/α-hetero) is 1. The molecule has 0 amide bonds. The first-order chi connectivity index (χ1) is 13.5. The van der Waals surface area contributed by atoms with Crippen LogP contribution in [0.1, 0.15) is 63.9 Å². The van der Waals surface area contributed by atoms with E-state index in [1.807, 2.05) is 13.0 Å². The number of thioether (sulfide) groups is 1. The van der Waals surface area contributed by atoms with Crippen LogP contribution in [0.3, 0.4) is 0 Å². The number of carbonyl (C=O) groups excluding carboxylic acids is 1. The highest BCUT2D eigenvalue weighted by molar-refractivity contribution is 7.99. The van der Waals surface area contributed by atoms with Crippen LogP contribution in [0.4, 0.5) is 0 Å². The number of H-pyrrole nitrogens is 1. The van der Waals surface area contributed by atoms with Gasteiger partial charge in [-0.15, -0.1) is 11.3 Å². The monoisotopic (exact) mass is 413 g/mol. The lowest BCUT2D eigenvalue weighted by Gasteiger charge is -2.09. The third-order valence-electron chi connectivity index (χ3n) is 5.84. The molecule has 1 N–H and O–H groups in total. The summed E-state index contributed by atoms with van der Waals surface area (Å²) in [5, 5.41) is 1.31. The molecule has 5 nitrogen and oxygen atoms in total. The van der Waals surface area contributed by atoms with E-state index in [4.69, 9.17) is 0 Å². The molecule has 0 unspecified atom stereocenters. The lowest BCUT2D eigenvalue weighted by atomic mass is 9.97. The molecule has 0 aromatic carbocycles. The molecular weight excluding hydrogens is 390 g/mol. The van der Waals surface area contributed by atoms with E-state index in [0.29, 0.717) is 11.2 Å². The molecule has 0 atom stereocenters. The number of fused-ring (bicyclic) bond motifs is 3. The van der Waals surface area contributed by atoms with E-state index in [-0.39, 0.29) is 17.1 Å². The van der Waals surface area contributed by atoms with Gasteiger partial charge in [-0.1, -0.05) is 11.8 Å². The molecule has 3 heterocycles. The topological polar surface area (TPSA) is 67.8 Å². The summed E-state index contributed by atoms with van der Waals surface area (Å²) in [5.74, 6) is 0.382. The van der Waals surface area contributed by atoms with Crippen LogP contribution in [0.25, 0.3) is 10.2 Å². The van der Waals surface area contributed by atoms with E-state index in [1.165, 1.54) is 41.5 Å². The van der Waals surface area contributed by atoms with Crippen molar-refractivity contribution in [3.63, 3.8) is 0 Å². The van der Waals surface area contributed by atoms with E-state index in [9.17, 15) is 9.59 Å². The first-order valence-electron chi connectivity index (χ1n) is 9.92. The molecule has 0 radical (unpaired) electrons. The lowest BCUT2D eigenvalue weighted by Crippen LogP contribution is -2.12. The molecule has 0 aliphatic heterocycles. The summed E-state index contributed by atoms with van der Waals surface area (Å²) < 4.78 is 2.29. The van der Waals surface area contributed by atoms with Crippen LogP contribution in [0, 0.1) is 13.8 Å². The predicted octanol–water partition coefficient (Wildman–Crippen LogP) is 4.59. The van der Waals surface area contributed by atoms with Crippen molar-refractivity contribution in [2.75, 3.05) is 5.75 Å². The number of hydrogen-bond acceptors (Lipinski definition) is 5. The third kappa shape index (κ3) is 3.05. The van der Waals surface area contributed by atoms with E-state index in [2.05, 4.69) is 21.5 Å². The van der Waals surface area contributed by atoms with Crippen molar-refractivity contribution in [3.8, 4) is 0 Å². The van der Waals surface area contributed by atoms with Gasteiger partial charge in [0.15, 0.2) is 10.9 Å². The van der Waals surface area contributed by atoms with Gasteiger partial charge in [-0.2, -0.15) is 0 Å². The number of aromatic nitrogens is 3. The minimum atomic E-state index is -0.0636. The zero-order chi connectivity index (χ0) is 19.4. The van der Waals surface area contributed by atoms with Crippen molar-refractivity contribution in [3.05, 3.63) is 43.8 Å². The van der Waals surface area contributed by atoms with Crippen molar-refractivity contribution in [1.82, 2.24) is 14.5 Å². The normalized spacial score (nSPS) is 16.5. The summed E-state index contributed by atoms with van der Waals surface area (Å²) in [6.07, 6.45) is 6.76. The molecule has 1 fully saturated rings. The van der Waals surface area contributed by atoms with Crippen LogP contribution in [0.2, 0.25) is 0 Å². The van der Waals surface area contributed by atoms with Gasteiger partial charge in [-0.3, -0.25) is 9.59 Å². The molecule has 146 valence electrons. The highest BCUT2D eigenvalue weighted by Crippen LogP contribution is 2.38. The maximum Gasteiger partial charge on any atom is 0.260 e. The highest BCUT2D eigenvalue weighted by atomic mass is 32.2. The van der Waals surface area contributed by atoms with E-state index in [0.717, 1.165) is 46.4 Å². The maximum atomic E-state index is 12.8. The summed E-state index contributed by atoms with van der Waals surface area (Å²) in [4.78, 5) is 35.1. The largest absolute Gasteiger partial charge is 0.345 e. The van der Waals surface area contributed by atoms with Crippen LogP contribution in [0.5, 0.6) is 0 Å². The lowest BCUT2D eigenvalue weighted by molar-refractivity contribution is 0.102. The summed E-state index contributed by atoms with van der Waals surface area (Å²) in [5.41, 5.74) is 4.15. The Hall–Kier alpha value is -1.86. The van der Waals surface area contributed by atoms with Gasteiger partial charge in [0, 0.05) is 27.9 Å². The van der Waals surface area contributed by atoms with Gasteiger partial charge < -0.3 is 9.55 Å². The smallest absolute Gasteiger partial charge is 0.260 e. The zero-order valence-corrected chi connectivity index (χ0v) is 17.8. The average molecular weight is 414 g/mol. The number of ketones is 1.